The van der Waals surface area contributed by atoms with Gasteiger partial charge in [-0.1, -0.05) is 6.07 Å². The lowest BCUT2D eigenvalue weighted by molar-refractivity contribution is 0.0977. The van der Waals surface area contributed by atoms with Gasteiger partial charge in [-0.25, -0.2) is 4.68 Å². The number of aromatic nitrogens is 2. The summed E-state index contributed by atoms with van der Waals surface area (Å²) in [6, 6.07) is 6.73. The van der Waals surface area contributed by atoms with E-state index in [0.29, 0.717) is 12.3 Å². The Morgan fingerprint density at radius 2 is 2.04 bits per heavy atom. The van der Waals surface area contributed by atoms with Gasteiger partial charge in [-0.15, -0.1) is 0 Å². The van der Waals surface area contributed by atoms with Gasteiger partial charge in [0, 0.05) is 19.7 Å². The molecule has 0 radical (unpaired) electrons. The Bertz CT molecular complexity index is 826. The zero-order valence-corrected chi connectivity index (χ0v) is 13.5. The van der Waals surface area contributed by atoms with Crippen molar-refractivity contribution in [2.75, 3.05) is 18.6 Å². The summed E-state index contributed by atoms with van der Waals surface area (Å²) >= 11 is 0. The van der Waals surface area contributed by atoms with Crippen molar-refractivity contribution in [1.82, 2.24) is 9.78 Å². The van der Waals surface area contributed by atoms with Crippen molar-refractivity contribution in [3.8, 4) is 5.75 Å². The smallest absolute Gasteiger partial charge is 0.278 e. The van der Waals surface area contributed by atoms with E-state index in [9.17, 15) is 9.59 Å². The average Bonchev–Trinajstić information content (AvgIpc) is 2.57. The first kappa shape index (κ1) is 15.3. The van der Waals surface area contributed by atoms with Crippen LogP contribution in [0, 0.1) is 6.92 Å². The second-order valence-electron chi connectivity index (χ2n) is 5.65. The fraction of sp³-hybridized carbons (Fsp3) is 0.353. The highest BCUT2D eigenvalue weighted by molar-refractivity contribution is 6.06. The van der Waals surface area contributed by atoms with E-state index in [1.54, 1.807) is 12.0 Å². The van der Waals surface area contributed by atoms with Crippen LogP contribution >= 0.6 is 0 Å². The van der Waals surface area contributed by atoms with Crippen molar-refractivity contribution in [2.24, 2.45) is 7.05 Å². The third-order valence-corrected chi connectivity index (χ3v) is 4.20. The summed E-state index contributed by atoms with van der Waals surface area (Å²) in [5, 5.41) is 4.07. The van der Waals surface area contributed by atoms with Crippen LogP contribution in [0.1, 0.15) is 28.0 Å². The lowest BCUT2D eigenvalue weighted by Crippen LogP contribution is -2.37. The number of fused-ring (bicyclic) bond motifs is 1. The van der Waals surface area contributed by atoms with Crippen LogP contribution in [-0.2, 0) is 13.5 Å². The highest BCUT2D eigenvalue weighted by Gasteiger charge is 2.28. The molecule has 3 rings (SSSR count). The molecule has 0 N–H and O–H groups in total. The Kier molecular flexibility index (Phi) is 3.90. The molecule has 1 aliphatic rings. The maximum atomic E-state index is 12.9. The number of carbonyl (C=O) groups excluding carboxylic acids is 1. The Labute approximate surface area is 134 Å². The zero-order valence-electron chi connectivity index (χ0n) is 13.5. The lowest BCUT2D eigenvalue weighted by atomic mass is 9.96. The molecule has 2 heterocycles. The van der Waals surface area contributed by atoms with Crippen LogP contribution < -0.4 is 15.2 Å². The van der Waals surface area contributed by atoms with Crippen molar-refractivity contribution >= 4 is 11.6 Å². The van der Waals surface area contributed by atoms with Gasteiger partial charge in [0.05, 0.1) is 12.8 Å². The van der Waals surface area contributed by atoms with Crippen molar-refractivity contribution in [3.63, 3.8) is 0 Å². The third kappa shape index (κ3) is 2.60. The molecule has 0 saturated carbocycles. The maximum Gasteiger partial charge on any atom is 0.278 e. The molecule has 0 bridgehead atoms. The highest BCUT2D eigenvalue weighted by Crippen LogP contribution is 2.38. The molecule has 0 unspecified atom stereocenters. The highest BCUT2D eigenvalue weighted by atomic mass is 16.5. The molecule has 0 atom stereocenters. The molecule has 1 aliphatic heterocycles. The lowest BCUT2D eigenvalue weighted by Gasteiger charge is -2.31. The monoisotopic (exact) mass is 313 g/mol. The summed E-state index contributed by atoms with van der Waals surface area (Å²) in [4.78, 5) is 26.1. The minimum atomic E-state index is -0.242. The predicted octanol–water partition coefficient (Wildman–Crippen LogP) is 1.69. The van der Waals surface area contributed by atoms with Crippen LogP contribution in [0.5, 0.6) is 5.75 Å². The Morgan fingerprint density at radius 1 is 1.26 bits per heavy atom. The Morgan fingerprint density at radius 3 is 2.74 bits per heavy atom. The quantitative estimate of drug-likeness (QED) is 0.846. The number of hydrogen-bond acceptors (Lipinski definition) is 4. The van der Waals surface area contributed by atoms with Crippen LogP contribution in [0.25, 0.3) is 0 Å². The second kappa shape index (κ2) is 5.87. The molecule has 0 saturated heterocycles. The molecule has 1 amide bonds. The Balaban J connectivity index is 2.09. The van der Waals surface area contributed by atoms with E-state index in [1.165, 1.54) is 23.9 Å². The Hall–Kier alpha value is -2.63. The normalized spacial score (nSPS) is 13.6. The number of amides is 1. The summed E-state index contributed by atoms with van der Waals surface area (Å²) in [6.45, 7) is 2.65. The minimum absolute atomic E-state index is 0.217. The molecule has 0 fully saturated rings. The molecule has 120 valence electrons. The van der Waals surface area contributed by atoms with Gasteiger partial charge in [-0.05, 0) is 43.0 Å². The number of ether oxygens (including phenoxy) is 1. The second-order valence-corrected chi connectivity index (χ2v) is 5.65. The minimum Gasteiger partial charge on any atom is -0.495 e. The van der Waals surface area contributed by atoms with Crippen LogP contribution in [0.4, 0.5) is 5.69 Å². The molecule has 6 nitrogen and oxygen atoms in total. The van der Waals surface area contributed by atoms with Crippen LogP contribution in [-0.4, -0.2) is 29.3 Å². The average molecular weight is 313 g/mol. The molecule has 6 heteroatoms. The topological polar surface area (TPSA) is 64.4 Å². The van der Waals surface area contributed by atoms with E-state index in [4.69, 9.17) is 4.74 Å². The number of rotatable bonds is 2. The van der Waals surface area contributed by atoms with E-state index >= 15 is 0 Å². The molecular formula is C17H19N3O3. The number of carbonyl (C=O) groups is 1. The largest absolute Gasteiger partial charge is 0.495 e. The van der Waals surface area contributed by atoms with E-state index in [1.807, 2.05) is 19.1 Å². The number of benzene rings is 1. The van der Waals surface area contributed by atoms with E-state index in [0.717, 1.165) is 29.7 Å². The summed E-state index contributed by atoms with van der Waals surface area (Å²) < 4.78 is 6.63. The van der Waals surface area contributed by atoms with Gasteiger partial charge in [0.25, 0.3) is 11.5 Å². The van der Waals surface area contributed by atoms with Crippen molar-refractivity contribution in [3.05, 3.63) is 51.4 Å². The summed E-state index contributed by atoms with van der Waals surface area (Å²) in [6.07, 6.45) is 1.81. The van der Waals surface area contributed by atoms with E-state index in [-0.39, 0.29) is 17.2 Å². The van der Waals surface area contributed by atoms with Crippen LogP contribution in [0.3, 0.4) is 0 Å². The number of aryl methyl sites for hydroxylation is 2. The van der Waals surface area contributed by atoms with Gasteiger partial charge >= 0.3 is 0 Å². The molecule has 1 aromatic heterocycles. The first-order chi connectivity index (χ1) is 11.0. The van der Waals surface area contributed by atoms with Crippen LogP contribution in [0.2, 0.25) is 0 Å². The van der Waals surface area contributed by atoms with Crippen molar-refractivity contribution in [2.45, 2.75) is 19.8 Å². The SMILES string of the molecule is COc1ccc(C)c2c1N(C(=O)c1ccc(=O)n(C)n1)CCC2. The molecular weight excluding hydrogens is 294 g/mol. The summed E-state index contributed by atoms with van der Waals surface area (Å²) in [5.74, 6) is 0.467. The fourth-order valence-electron chi connectivity index (χ4n) is 2.98. The van der Waals surface area contributed by atoms with Gasteiger partial charge in [0.15, 0.2) is 0 Å². The zero-order chi connectivity index (χ0) is 16.6. The van der Waals surface area contributed by atoms with Gasteiger partial charge < -0.3 is 9.64 Å². The molecule has 1 aromatic carbocycles. The number of nitrogens with zero attached hydrogens (tertiary/aromatic N) is 3. The first-order valence-corrected chi connectivity index (χ1v) is 7.55. The molecule has 0 spiro atoms. The number of anilines is 1. The predicted molar refractivity (Wildman–Crippen MR) is 87.2 cm³/mol. The molecule has 2 aromatic rings. The third-order valence-electron chi connectivity index (χ3n) is 4.20. The van der Waals surface area contributed by atoms with Crippen molar-refractivity contribution < 1.29 is 9.53 Å². The van der Waals surface area contributed by atoms with E-state index in [2.05, 4.69) is 5.10 Å². The van der Waals surface area contributed by atoms with Crippen LogP contribution in [0.15, 0.2) is 29.1 Å². The fourth-order valence-corrected chi connectivity index (χ4v) is 2.98. The number of methoxy groups -OCH3 is 1. The summed E-state index contributed by atoms with van der Waals surface area (Å²) in [7, 11) is 3.14. The van der Waals surface area contributed by atoms with Crippen molar-refractivity contribution in [1.29, 1.82) is 0 Å². The molecule has 0 aliphatic carbocycles. The standard InChI is InChI=1S/C17H19N3O3/c1-11-6-8-14(23-3)16-12(11)5-4-10-20(16)17(22)13-7-9-15(21)19(2)18-13/h6-9H,4-5,10H2,1-3H3. The van der Waals surface area contributed by atoms with E-state index < -0.39 is 0 Å². The molecule has 23 heavy (non-hydrogen) atoms. The summed E-state index contributed by atoms with van der Waals surface area (Å²) in [5.41, 5.74) is 3.11. The van der Waals surface area contributed by atoms with Gasteiger partial charge in [0.1, 0.15) is 11.4 Å². The van der Waals surface area contributed by atoms with Gasteiger partial charge in [-0.3, -0.25) is 9.59 Å². The maximum absolute atomic E-state index is 12.9. The van der Waals surface area contributed by atoms with Gasteiger partial charge in [0.2, 0.25) is 0 Å². The van der Waals surface area contributed by atoms with Gasteiger partial charge in [-0.2, -0.15) is 5.10 Å². The number of hydrogen-bond donors (Lipinski definition) is 0. The first-order valence-electron chi connectivity index (χ1n) is 7.55.